The second-order valence-electron chi connectivity index (χ2n) is 6.82. The van der Waals surface area contributed by atoms with Gasteiger partial charge in [-0.3, -0.25) is 4.79 Å². The highest BCUT2D eigenvalue weighted by atomic mass is 16.3. The van der Waals surface area contributed by atoms with Crippen molar-refractivity contribution in [3.05, 3.63) is 131 Å². The molecule has 0 aliphatic rings. The van der Waals surface area contributed by atoms with Gasteiger partial charge in [0.1, 0.15) is 11.5 Å². The van der Waals surface area contributed by atoms with E-state index in [0.717, 1.165) is 16.7 Å². The highest BCUT2D eigenvalue weighted by Gasteiger charge is 2.18. The maximum atomic E-state index is 13.2. The Balaban J connectivity index is 1.81. The van der Waals surface area contributed by atoms with Crippen molar-refractivity contribution in [1.29, 1.82) is 0 Å². The van der Waals surface area contributed by atoms with Crippen molar-refractivity contribution in [3.8, 4) is 0 Å². The van der Waals surface area contributed by atoms with Gasteiger partial charge in [0.25, 0.3) is 0 Å². The van der Waals surface area contributed by atoms with Crippen LogP contribution < -0.4 is 0 Å². The van der Waals surface area contributed by atoms with Gasteiger partial charge in [-0.1, -0.05) is 84.4 Å². The van der Waals surface area contributed by atoms with E-state index in [1.165, 1.54) is 0 Å². The summed E-state index contributed by atoms with van der Waals surface area (Å²) in [6, 6.07) is 28.3. The van der Waals surface area contributed by atoms with Gasteiger partial charge in [0, 0.05) is 22.3 Å². The van der Waals surface area contributed by atoms with Crippen LogP contribution in [-0.2, 0) is 0 Å². The van der Waals surface area contributed by atoms with E-state index in [0.29, 0.717) is 22.6 Å². The van der Waals surface area contributed by atoms with E-state index < -0.39 is 0 Å². The molecule has 0 unspecified atom stereocenters. The molecule has 4 nitrogen and oxygen atoms in total. The maximum Gasteiger partial charge on any atom is 0.193 e. The number of benzene rings is 3. The average Bonchev–Trinajstić information content (AvgIpc) is 3.31. The van der Waals surface area contributed by atoms with Crippen molar-refractivity contribution in [2.45, 2.75) is 6.92 Å². The number of hydrogen-bond acceptors (Lipinski definition) is 4. The first kappa shape index (κ1) is 19.3. The quantitative estimate of drug-likeness (QED) is 0.240. The van der Waals surface area contributed by atoms with Crippen LogP contribution in [0.5, 0.6) is 0 Å². The zero-order valence-electron chi connectivity index (χ0n) is 16.5. The average molecular weight is 392 g/mol. The molecule has 0 atom stereocenters. The van der Waals surface area contributed by atoms with Gasteiger partial charge in [-0.25, -0.2) is 0 Å². The van der Waals surface area contributed by atoms with Gasteiger partial charge in [0.15, 0.2) is 5.78 Å². The van der Waals surface area contributed by atoms with Crippen LogP contribution in [-0.4, -0.2) is 17.7 Å². The monoisotopic (exact) mass is 392 g/mol. The summed E-state index contributed by atoms with van der Waals surface area (Å²) in [6.45, 7) is 2.03. The molecule has 146 valence electrons. The van der Waals surface area contributed by atoms with Gasteiger partial charge < -0.3 is 4.42 Å². The lowest BCUT2D eigenvalue weighted by molar-refractivity contribution is 0.103. The zero-order chi connectivity index (χ0) is 20.8. The summed E-state index contributed by atoms with van der Waals surface area (Å²) in [4.78, 5) is 13.2. The fraction of sp³-hybridized carbons (Fsp3) is 0.0385. The molecule has 0 radical (unpaired) electrons. The zero-order valence-corrected chi connectivity index (χ0v) is 16.5. The first-order valence-corrected chi connectivity index (χ1v) is 9.63. The molecule has 30 heavy (non-hydrogen) atoms. The predicted octanol–water partition coefficient (Wildman–Crippen LogP) is 5.69. The second kappa shape index (κ2) is 8.97. The Hall–Kier alpha value is -4.05. The van der Waals surface area contributed by atoms with Gasteiger partial charge in [0.2, 0.25) is 0 Å². The first-order chi connectivity index (χ1) is 14.7. The number of rotatable bonds is 6. The van der Waals surface area contributed by atoms with Crippen molar-refractivity contribution in [2.24, 2.45) is 10.2 Å². The minimum atomic E-state index is -0.0546. The van der Waals surface area contributed by atoms with Crippen LogP contribution in [0.2, 0.25) is 0 Å². The summed E-state index contributed by atoms with van der Waals surface area (Å²) >= 11 is 0. The molecular weight excluding hydrogens is 372 g/mol. The number of furan rings is 1. The van der Waals surface area contributed by atoms with Crippen LogP contribution in [0.1, 0.15) is 38.4 Å². The molecule has 3 aromatic carbocycles. The molecular formula is C26H20N2O2. The molecule has 1 heterocycles. The lowest BCUT2D eigenvalue weighted by Gasteiger charge is -2.11. The minimum absolute atomic E-state index is 0.0546. The SMILES string of the molecule is Cc1ccc(/C(=N\N=C\c2ccco2)c2ccccc2C(=O)c2ccccc2)cc1. The van der Waals surface area contributed by atoms with E-state index in [-0.39, 0.29) is 5.78 Å². The smallest absolute Gasteiger partial charge is 0.193 e. The Morgan fingerprint density at radius 2 is 1.47 bits per heavy atom. The van der Waals surface area contributed by atoms with Crippen LogP contribution in [0.4, 0.5) is 0 Å². The molecule has 4 heteroatoms. The number of ketones is 1. The highest BCUT2D eigenvalue weighted by molar-refractivity contribution is 6.21. The Kier molecular flexibility index (Phi) is 5.76. The third-order valence-electron chi connectivity index (χ3n) is 4.67. The van der Waals surface area contributed by atoms with E-state index in [4.69, 9.17) is 4.42 Å². The molecule has 0 aliphatic carbocycles. The van der Waals surface area contributed by atoms with Crippen LogP contribution in [0.25, 0.3) is 0 Å². The molecule has 0 spiro atoms. The number of nitrogens with zero attached hydrogens (tertiary/aromatic N) is 2. The number of hydrogen-bond donors (Lipinski definition) is 0. The topological polar surface area (TPSA) is 54.9 Å². The summed E-state index contributed by atoms with van der Waals surface area (Å²) < 4.78 is 5.29. The Labute approximate surface area is 175 Å². The van der Waals surface area contributed by atoms with E-state index in [9.17, 15) is 4.79 Å². The lowest BCUT2D eigenvalue weighted by atomic mass is 9.92. The van der Waals surface area contributed by atoms with Crippen LogP contribution in [0.15, 0.2) is 112 Å². The molecule has 4 rings (SSSR count). The predicted molar refractivity (Wildman–Crippen MR) is 119 cm³/mol. The van der Waals surface area contributed by atoms with Gasteiger partial charge in [-0.05, 0) is 19.1 Å². The van der Waals surface area contributed by atoms with Crippen molar-refractivity contribution in [3.63, 3.8) is 0 Å². The minimum Gasteiger partial charge on any atom is -0.463 e. The summed E-state index contributed by atoms with van der Waals surface area (Å²) in [6.07, 6.45) is 3.13. The van der Waals surface area contributed by atoms with Crippen LogP contribution in [0, 0.1) is 6.92 Å². The molecule has 1 aromatic heterocycles. The second-order valence-corrected chi connectivity index (χ2v) is 6.82. The fourth-order valence-corrected chi connectivity index (χ4v) is 3.12. The molecule has 0 saturated heterocycles. The molecule has 0 saturated carbocycles. The Morgan fingerprint density at radius 1 is 0.767 bits per heavy atom. The van der Waals surface area contributed by atoms with Crippen LogP contribution >= 0.6 is 0 Å². The van der Waals surface area contributed by atoms with Gasteiger partial charge >= 0.3 is 0 Å². The number of aryl methyl sites for hydroxylation is 1. The third-order valence-corrected chi connectivity index (χ3v) is 4.67. The Bertz CT molecular complexity index is 1190. The first-order valence-electron chi connectivity index (χ1n) is 9.63. The van der Waals surface area contributed by atoms with Crippen molar-refractivity contribution in [1.82, 2.24) is 0 Å². The molecule has 0 N–H and O–H groups in total. The fourth-order valence-electron chi connectivity index (χ4n) is 3.12. The number of carbonyl (C=O) groups excluding carboxylic acids is 1. The summed E-state index contributed by atoms with van der Waals surface area (Å²) in [5.41, 5.74) is 4.59. The third kappa shape index (κ3) is 4.33. The van der Waals surface area contributed by atoms with E-state index in [1.807, 2.05) is 85.8 Å². The molecule has 0 bridgehead atoms. The summed E-state index contributed by atoms with van der Waals surface area (Å²) in [5.74, 6) is 0.552. The Morgan fingerprint density at radius 3 is 2.17 bits per heavy atom. The van der Waals surface area contributed by atoms with E-state index >= 15 is 0 Å². The van der Waals surface area contributed by atoms with Gasteiger partial charge in [-0.2, -0.15) is 5.10 Å². The molecule has 0 amide bonds. The van der Waals surface area contributed by atoms with E-state index in [1.54, 1.807) is 24.6 Å². The lowest BCUT2D eigenvalue weighted by Crippen LogP contribution is -2.12. The summed E-state index contributed by atoms with van der Waals surface area (Å²) in [5, 5.41) is 8.70. The van der Waals surface area contributed by atoms with Gasteiger partial charge in [-0.15, -0.1) is 5.10 Å². The maximum absolute atomic E-state index is 13.2. The van der Waals surface area contributed by atoms with Crippen molar-refractivity contribution in [2.75, 3.05) is 0 Å². The van der Waals surface area contributed by atoms with Crippen LogP contribution in [0.3, 0.4) is 0 Å². The largest absolute Gasteiger partial charge is 0.463 e. The molecule has 4 aromatic rings. The van der Waals surface area contributed by atoms with Gasteiger partial charge in [0.05, 0.1) is 12.5 Å². The molecule has 0 aliphatic heterocycles. The number of carbonyl (C=O) groups is 1. The molecule has 0 fully saturated rings. The highest BCUT2D eigenvalue weighted by Crippen LogP contribution is 2.20. The normalized spacial score (nSPS) is 11.7. The van der Waals surface area contributed by atoms with Crippen molar-refractivity contribution < 1.29 is 9.21 Å². The van der Waals surface area contributed by atoms with Crippen molar-refractivity contribution >= 4 is 17.7 Å². The standard InChI is InChI=1S/C26H20N2O2/c1-19-13-15-20(16-14-19)25(28-27-18-22-10-7-17-30-22)23-11-5-6-12-24(23)26(29)21-8-3-2-4-9-21/h2-18H,1H3/b27-18+,28-25+. The van der Waals surface area contributed by atoms with E-state index in [2.05, 4.69) is 10.2 Å². The summed E-state index contributed by atoms with van der Waals surface area (Å²) in [7, 11) is 0.